The highest BCUT2D eigenvalue weighted by atomic mass is 15.3. The van der Waals surface area contributed by atoms with E-state index < -0.39 is 0 Å². The molecule has 0 radical (unpaired) electrons. The molecular weight excluding hydrogens is 372 g/mol. The fraction of sp³-hybridized carbons (Fsp3) is 0.583. The molecule has 164 valence electrons. The van der Waals surface area contributed by atoms with Gasteiger partial charge in [0.05, 0.1) is 5.69 Å². The van der Waals surface area contributed by atoms with Gasteiger partial charge in [0.2, 0.25) is 0 Å². The first-order chi connectivity index (χ1) is 14.5. The summed E-state index contributed by atoms with van der Waals surface area (Å²) < 4.78 is 2.02. The lowest BCUT2D eigenvalue weighted by atomic mass is 9.97. The second kappa shape index (κ2) is 10.6. The van der Waals surface area contributed by atoms with Crippen LogP contribution in [0.4, 0.5) is 0 Å². The molecule has 2 aromatic rings. The number of likely N-dealkylation sites (tertiary alicyclic amines) is 1. The SMILES string of the molecule is CCc1nn(C)c(CC)c1CNC(=NC)NC1CCN(Cc2ccccc2)C(C)C1. The van der Waals surface area contributed by atoms with E-state index in [4.69, 9.17) is 0 Å². The fourth-order valence-corrected chi connectivity index (χ4v) is 4.56. The van der Waals surface area contributed by atoms with E-state index in [1.165, 1.54) is 22.5 Å². The minimum Gasteiger partial charge on any atom is -0.354 e. The van der Waals surface area contributed by atoms with Gasteiger partial charge in [-0.05, 0) is 38.2 Å². The van der Waals surface area contributed by atoms with Gasteiger partial charge in [0.15, 0.2) is 5.96 Å². The molecule has 6 heteroatoms. The first-order valence-electron chi connectivity index (χ1n) is 11.3. The Balaban J connectivity index is 1.53. The summed E-state index contributed by atoms with van der Waals surface area (Å²) in [6, 6.07) is 11.8. The Bertz CT molecular complexity index is 826. The van der Waals surface area contributed by atoms with Gasteiger partial charge < -0.3 is 10.6 Å². The Hall–Kier alpha value is -2.34. The van der Waals surface area contributed by atoms with E-state index in [0.29, 0.717) is 12.1 Å². The number of aliphatic imine (C=N–C) groups is 1. The molecule has 2 heterocycles. The molecule has 0 saturated carbocycles. The number of benzene rings is 1. The van der Waals surface area contributed by atoms with Crippen LogP contribution < -0.4 is 10.6 Å². The molecule has 0 aliphatic carbocycles. The lowest BCUT2D eigenvalue weighted by Gasteiger charge is -2.38. The first kappa shape index (κ1) is 22.3. The highest BCUT2D eigenvalue weighted by molar-refractivity contribution is 5.80. The van der Waals surface area contributed by atoms with Gasteiger partial charge in [0.1, 0.15) is 0 Å². The van der Waals surface area contributed by atoms with Gasteiger partial charge in [-0.3, -0.25) is 14.6 Å². The molecule has 0 bridgehead atoms. The van der Waals surface area contributed by atoms with E-state index in [1.54, 1.807) is 0 Å². The number of aryl methyl sites for hydroxylation is 2. The zero-order valence-corrected chi connectivity index (χ0v) is 19.3. The lowest BCUT2D eigenvalue weighted by Crippen LogP contribution is -2.51. The molecule has 3 rings (SSSR count). The number of nitrogens with one attached hydrogen (secondary N) is 2. The normalized spacial score (nSPS) is 20.4. The third kappa shape index (κ3) is 5.42. The van der Waals surface area contributed by atoms with Crippen LogP contribution in [0.1, 0.15) is 56.1 Å². The van der Waals surface area contributed by atoms with Crippen LogP contribution in [0.25, 0.3) is 0 Å². The smallest absolute Gasteiger partial charge is 0.191 e. The maximum absolute atomic E-state index is 4.68. The van der Waals surface area contributed by atoms with Crippen molar-refractivity contribution in [2.45, 2.75) is 71.6 Å². The van der Waals surface area contributed by atoms with Gasteiger partial charge in [-0.1, -0.05) is 44.2 Å². The molecule has 30 heavy (non-hydrogen) atoms. The minimum absolute atomic E-state index is 0.448. The summed E-state index contributed by atoms with van der Waals surface area (Å²) in [5.41, 5.74) is 5.19. The topological polar surface area (TPSA) is 57.5 Å². The van der Waals surface area contributed by atoms with Crippen LogP contribution in [0.3, 0.4) is 0 Å². The van der Waals surface area contributed by atoms with E-state index >= 15 is 0 Å². The highest BCUT2D eigenvalue weighted by Crippen LogP contribution is 2.20. The zero-order valence-electron chi connectivity index (χ0n) is 19.3. The number of rotatable bonds is 7. The molecule has 1 fully saturated rings. The minimum atomic E-state index is 0.448. The van der Waals surface area contributed by atoms with Crippen molar-refractivity contribution in [1.29, 1.82) is 0 Å². The Kier molecular flexibility index (Phi) is 7.91. The molecule has 2 unspecified atom stereocenters. The van der Waals surface area contributed by atoms with Gasteiger partial charge in [-0.15, -0.1) is 0 Å². The van der Waals surface area contributed by atoms with Gasteiger partial charge in [0, 0.05) is 57.1 Å². The molecule has 6 nitrogen and oxygen atoms in total. The van der Waals surface area contributed by atoms with Crippen molar-refractivity contribution in [2.24, 2.45) is 12.0 Å². The third-order valence-corrected chi connectivity index (χ3v) is 6.27. The van der Waals surface area contributed by atoms with Gasteiger partial charge in [0.25, 0.3) is 0 Å². The number of nitrogens with zero attached hydrogens (tertiary/aromatic N) is 4. The molecule has 1 saturated heterocycles. The summed E-state index contributed by atoms with van der Waals surface area (Å²) in [6.07, 6.45) is 4.20. The maximum Gasteiger partial charge on any atom is 0.191 e. The van der Waals surface area contributed by atoms with Crippen LogP contribution in [-0.2, 0) is 33.0 Å². The molecule has 1 aromatic carbocycles. The average Bonchev–Trinajstić information content (AvgIpc) is 3.08. The maximum atomic E-state index is 4.68. The number of hydrogen-bond donors (Lipinski definition) is 2. The highest BCUT2D eigenvalue weighted by Gasteiger charge is 2.26. The van der Waals surface area contributed by atoms with Gasteiger partial charge in [-0.2, -0.15) is 5.10 Å². The second-order valence-electron chi connectivity index (χ2n) is 8.30. The predicted octanol–water partition coefficient (Wildman–Crippen LogP) is 3.26. The van der Waals surface area contributed by atoms with E-state index in [9.17, 15) is 0 Å². The van der Waals surface area contributed by atoms with Crippen LogP contribution in [0, 0.1) is 0 Å². The van der Waals surface area contributed by atoms with Crippen LogP contribution in [0.2, 0.25) is 0 Å². The molecule has 1 aromatic heterocycles. The number of aromatic nitrogens is 2. The van der Waals surface area contributed by atoms with Crippen LogP contribution >= 0.6 is 0 Å². The van der Waals surface area contributed by atoms with Crippen molar-refractivity contribution in [1.82, 2.24) is 25.3 Å². The summed E-state index contributed by atoms with van der Waals surface area (Å²) in [5.74, 6) is 0.886. The Morgan fingerprint density at radius 2 is 1.97 bits per heavy atom. The Labute approximate surface area is 181 Å². The molecular formula is C24H38N6. The second-order valence-corrected chi connectivity index (χ2v) is 8.30. The molecule has 1 aliphatic heterocycles. The van der Waals surface area contributed by atoms with Crippen molar-refractivity contribution in [3.63, 3.8) is 0 Å². The van der Waals surface area contributed by atoms with E-state index in [2.05, 4.69) is 76.7 Å². The summed E-state index contributed by atoms with van der Waals surface area (Å²) in [6.45, 7) is 9.60. The quantitative estimate of drug-likeness (QED) is 0.543. The number of hydrogen-bond acceptors (Lipinski definition) is 3. The molecule has 0 amide bonds. The van der Waals surface area contributed by atoms with Crippen molar-refractivity contribution < 1.29 is 0 Å². The van der Waals surface area contributed by atoms with E-state index in [0.717, 1.165) is 51.3 Å². The summed E-state index contributed by atoms with van der Waals surface area (Å²) in [5, 5.41) is 11.9. The summed E-state index contributed by atoms with van der Waals surface area (Å²) >= 11 is 0. The lowest BCUT2D eigenvalue weighted by molar-refractivity contribution is 0.134. The van der Waals surface area contributed by atoms with E-state index in [1.807, 2.05) is 18.8 Å². The largest absolute Gasteiger partial charge is 0.354 e. The van der Waals surface area contributed by atoms with Gasteiger partial charge >= 0.3 is 0 Å². The monoisotopic (exact) mass is 410 g/mol. The van der Waals surface area contributed by atoms with E-state index in [-0.39, 0.29) is 0 Å². The number of piperidine rings is 1. The Morgan fingerprint density at radius 3 is 2.60 bits per heavy atom. The summed E-state index contributed by atoms with van der Waals surface area (Å²) in [7, 11) is 3.90. The third-order valence-electron chi connectivity index (χ3n) is 6.27. The molecule has 1 aliphatic rings. The average molecular weight is 411 g/mol. The number of guanidine groups is 1. The van der Waals surface area contributed by atoms with Crippen molar-refractivity contribution >= 4 is 5.96 Å². The van der Waals surface area contributed by atoms with Crippen molar-refractivity contribution in [3.05, 3.63) is 52.8 Å². The standard InChI is InChI=1S/C24H38N6/c1-6-22-21(23(7-2)29(5)28-22)16-26-24(25-4)27-20-13-14-30(18(3)15-20)17-19-11-9-8-10-12-19/h8-12,18,20H,6-7,13-17H2,1-5H3,(H2,25,26,27). The molecule has 0 spiro atoms. The van der Waals surface area contributed by atoms with Crippen molar-refractivity contribution in [2.75, 3.05) is 13.6 Å². The first-order valence-corrected chi connectivity index (χ1v) is 11.3. The van der Waals surface area contributed by atoms with Gasteiger partial charge in [-0.25, -0.2) is 0 Å². The van der Waals surface area contributed by atoms with Crippen LogP contribution in [0.15, 0.2) is 35.3 Å². The van der Waals surface area contributed by atoms with Crippen LogP contribution in [-0.4, -0.2) is 46.3 Å². The Morgan fingerprint density at radius 1 is 1.20 bits per heavy atom. The van der Waals surface area contributed by atoms with Crippen LogP contribution in [0.5, 0.6) is 0 Å². The zero-order chi connectivity index (χ0) is 21.5. The fourth-order valence-electron chi connectivity index (χ4n) is 4.56. The summed E-state index contributed by atoms with van der Waals surface area (Å²) in [4.78, 5) is 7.06. The van der Waals surface area contributed by atoms with Crippen molar-refractivity contribution in [3.8, 4) is 0 Å². The predicted molar refractivity (Wildman–Crippen MR) is 125 cm³/mol. The molecule has 2 N–H and O–H groups in total. The molecule has 2 atom stereocenters.